The van der Waals surface area contributed by atoms with E-state index in [1.54, 1.807) is 6.20 Å². The zero-order chi connectivity index (χ0) is 17.8. The fourth-order valence-corrected chi connectivity index (χ4v) is 2.50. The lowest BCUT2D eigenvalue weighted by Gasteiger charge is -2.13. The molecule has 1 heterocycles. The molecule has 128 valence electrons. The van der Waals surface area contributed by atoms with E-state index in [9.17, 15) is 0 Å². The van der Waals surface area contributed by atoms with Crippen molar-refractivity contribution in [3.8, 4) is 0 Å². The van der Waals surface area contributed by atoms with Gasteiger partial charge < -0.3 is 15.5 Å². The molecule has 0 spiro atoms. The molecule has 6 heteroatoms. The van der Waals surface area contributed by atoms with Crippen LogP contribution in [0.25, 0.3) is 0 Å². The molecule has 0 aliphatic rings. The molecule has 0 fully saturated rings. The Balaban J connectivity index is 1.76. The SMILES string of the molecule is Cc1ccc(Cl)cc1Nc1nccc(Nc2ccc(N(C)C)cc2)n1. The number of aryl methyl sites for hydroxylation is 1. The third-order valence-electron chi connectivity index (χ3n) is 3.76. The molecule has 0 radical (unpaired) electrons. The second kappa shape index (κ2) is 7.40. The van der Waals surface area contributed by atoms with Crippen LogP contribution in [0.1, 0.15) is 5.56 Å². The van der Waals surface area contributed by atoms with Crippen LogP contribution in [0.2, 0.25) is 5.02 Å². The van der Waals surface area contributed by atoms with Crippen molar-refractivity contribution < 1.29 is 0 Å². The molecule has 2 aromatic carbocycles. The van der Waals surface area contributed by atoms with E-state index in [1.807, 2.05) is 57.4 Å². The Labute approximate surface area is 152 Å². The summed E-state index contributed by atoms with van der Waals surface area (Å²) in [4.78, 5) is 10.8. The Hall–Kier alpha value is -2.79. The first-order chi connectivity index (χ1) is 12.0. The highest BCUT2D eigenvalue weighted by atomic mass is 35.5. The molecule has 0 aliphatic heterocycles. The predicted octanol–water partition coefficient (Wildman–Crippen LogP) is 4.99. The zero-order valence-electron chi connectivity index (χ0n) is 14.4. The lowest BCUT2D eigenvalue weighted by Crippen LogP contribution is -2.08. The van der Waals surface area contributed by atoms with E-state index in [0.717, 1.165) is 28.4 Å². The Morgan fingerprint density at radius 3 is 2.44 bits per heavy atom. The van der Waals surface area contributed by atoms with Crippen molar-refractivity contribution in [1.82, 2.24) is 9.97 Å². The van der Waals surface area contributed by atoms with Crippen molar-refractivity contribution in [1.29, 1.82) is 0 Å². The minimum absolute atomic E-state index is 0.514. The second-order valence-corrected chi connectivity index (χ2v) is 6.35. The lowest BCUT2D eigenvalue weighted by molar-refractivity contribution is 1.13. The number of hydrogen-bond donors (Lipinski definition) is 2. The maximum Gasteiger partial charge on any atom is 0.229 e. The van der Waals surface area contributed by atoms with Gasteiger partial charge in [0.15, 0.2) is 0 Å². The molecule has 0 amide bonds. The number of halogens is 1. The summed E-state index contributed by atoms with van der Waals surface area (Å²) >= 11 is 6.06. The van der Waals surface area contributed by atoms with Crippen molar-refractivity contribution in [3.05, 3.63) is 65.3 Å². The topological polar surface area (TPSA) is 53.1 Å². The van der Waals surface area contributed by atoms with Gasteiger partial charge in [-0.3, -0.25) is 0 Å². The van der Waals surface area contributed by atoms with E-state index in [4.69, 9.17) is 11.6 Å². The van der Waals surface area contributed by atoms with E-state index in [0.29, 0.717) is 11.0 Å². The van der Waals surface area contributed by atoms with Crippen molar-refractivity contribution >= 4 is 40.4 Å². The lowest BCUT2D eigenvalue weighted by atomic mass is 10.2. The molecule has 0 atom stereocenters. The number of aromatic nitrogens is 2. The Morgan fingerprint density at radius 2 is 1.72 bits per heavy atom. The monoisotopic (exact) mass is 353 g/mol. The maximum absolute atomic E-state index is 6.06. The van der Waals surface area contributed by atoms with E-state index in [2.05, 4.69) is 37.6 Å². The summed E-state index contributed by atoms with van der Waals surface area (Å²) < 4.78 is 0. The van der Waals surface area contributed by atoms with Crippen LogP contribution in [0.4, 0.5) is 28.8 Å². The maximum atomic E-state index is 6.06. The van der Waals surface area contributed by atoms with Crippen LogP contribution in [0.5, 0.6) is 0 Å². The number of anilines is 5. The summed E-state index contributed by atoms with van der Waals surface area (Å²) in [5, 5.41) is 7.17. The molecule has 0 aliphatic carbocycles. The minimum Gasteiger partial charge on any atom is -0.378 e. The average Bonchev–Trinajstić information content (AvgIpc) is 2.59. The van der Waals surface area contributed by atoms with Crippen molar-refractivity contribution in [2.24, 2.45) is 0 Å². The van der Waals surface area contributed by atoms with Gasteiger partial charge in [0.2, 0.25) is 5.95 Å². The first kappa shape index (κ1) is 17.0. The average molecular weight is 354 g/mol. The van der Waals surface area contributed by atoms with Gasteiger partial charge in [-0.25, -0.2) is 4.98 Å². The van der Waals surface area contributed by atoms with Gasteiger partial charge >= 0.3 is 0 Å². The molecule has 1 aromatic heterocycles. The van der Waals surface area contributed by atoms with Gasteiger partial charge in [-0.05, 0) is 55.0 Å². The van der Waals surface area contributed by atoms with Crippen molar-refractivity contribution in [2.45, 2.75) is 6.92 Å². The molecule has 5 nitrogen and oxygen atoms in total. The summed E-state index contributed by atoms with van der Waals surface area (Å²) in [6.45, 7) is 2.01. The van der Waals surface area contributed by atoms with Gasteiger partial charge in [-0.1, -0.05) is 17.7 Å². The van der Waals surface area contributed by atoms with Crippen LogP contribution in [-0.2, 0) is 0 Å². The predicted molar refractivity (Wildman–Crippen MR) is 106 cm³/mol. The first-order valence-corrected chi connectivity index (χ1v) is 8.30. The first-order valence-electron chi connectivity index (χ1n) is 7.92. The molecular formula is C19H20ClN5. The Kier molecular flexibility index (Phi) is 5.05. The van der Waals surface area contributed by atoms with Crippen LogP contribution in [-0.4, -0.2) is 24.1 Å². The molecule has 0 saturated carbocycles. The van der Waals surface area contributed by atoms with Gasteiger partial charge in [-0.15, -0.1) is 0 Å². The smallest absolute Gasteiger partial charge is 0.229 e. The van der Waals surface area contributed by atoms with Gasteiger partial charge in [0, 0.05) is 42.4 Å². The van der Waals surface area contributed by atoms with Gasteiger partial charge in [0.05, 0.1) is 0 Å². The summed E-state index contributed by atoms with van der Waals surface area (Å²) in [5.74, 6) is 1.23. The minimum atomic E-state index is 0.514. The Morgan fingerprint density at radius 1 is 0.960 bits per heavy atom. The van der Waals surface area contributed by atoms with Gasteiger partial charge in [0.1, 0.15) is 5.82 Å². The standard InChI is InChI=1S/C19H20ClN5/c1-13-4-5-14(20)12-17(13)23-19-21-11-10-18(24-19)22-15-6-8-16(9-7-15)25(2)3/h4-12H,1-3H3,(H2,21,22,23,24). The second-order valence-electron chi connectivity index (χ2n) is 5.92. The molecule has 0 unspecified atom stereocenters. The Bertz CT molecular complexity index is 862. The van der Waals surface area contributed by atoms with Crippen LogP contribution < -0.4 is 15.5 Å². The highest BCUT2D eigenvalue weighted by molar-refractivity contribution is 6.30. The molecule has 3 rings (SSSR count). The number of benzene rings is 2. The molecule has 25 heavy (non-hydrogen) atoms. The van der Waals surface area contributed by atoms with E-state index in [1.165, 1.54) is 0 Å². The summed E-state index contributed by atoms with van der Waals surface area (Å²) in [7, 11) is 4.03. The van der Waals surface area contributed by atoms with Crippen LogP contribution in [0.3, 0.4) is 0 Å². The molecule has 0 saturated heterocycles. The highest BCUT2D eigenvalue weighted by Crippen LogP contribution is 2.24. The van der Waals surface area contributed by atoms with Crippen molar-refractivity contribution in [2.75, 3.05) is 29.6 Å². The van der Waals surface area contributed by atoms with Crippen LogP contribution >= 0.6 is 11.6 Å². The number of hydrogen-bond acceptors (Lipinski definition) is 5. The largest absolute Gasteiger partial charge is 0.378 e. The molecule has 2 N–H and O–H groups in total. The van der Waals surface area contributed by atoms with Crippen LogP contribution in [0.15, 0.2) is 54.7 Å². The molecule has 3 aromatic rings. The summed E-state index contributed by atoms with van der Waals surface area (Å²) in [6, 6.07) is 15.7. The number of nitrogens with zero attached hydrogens (tertiary/aromatic N) is 3. The summed E-state index contributed by atoms with van der Waals surface area (Å²) in [5.41, 5.74) is 4.08. The van der Waals surface area contributed by atoms with E-state index in [-0.39, 0.29) is 0 Å². The fourth-order valence-electron chi connectivity index (χ4n) is 2.33. The number of nitrogens with one attached hydrogen (secondary N) is 2. The normalized spacial score (nSPS) is 10.4. The molecular weight excluding hydrogens is 334 g/mol. The third kappa shape index (κ3) is 4.39. The summed E-state index contributed by atoms with van der Waals surface area (Å²) in [6.07, 6.45) is 1.71. The van der Waals surface area contributed by atoms with Crippen molar-refractivity contribution in [3.63, 3.8) is 0 Å². The molecule has 0 bridgehead atoms. The van der Waals surface area contributed by atoms with E-state index >= 15 is 0 Å². The number of rotatable bonds is 5. The fraction of sp³-hybridized carbons (Fsp3) is 0.158. The van der Waals surface area contributed by atoms with E-state index < -0.39 is 0 Å². The quantitative estimate of drug-likeness (QED) is 0.676. The highest BCUT2D eigenvalue weighted by Gasteiger charge is 2.04. The van der Waals surface area contributed by atoms with Gasteiger partial charge in [-0.2, -0.15) is 4.98 Å². The zero-order valence-corrected chi connectivity index (χ0v) is 15.2. The third-order valence-corrected chi connectivity index (χ3v) is 3.99. The van der Waals surface area contributed by atoms with Crippen LogP contribution in [0, 0.1) is 6.92 Å². The van der Waals surface area contributed by atoms with Gasteiger partial charge in [0.25, 0.3) is 0 Å².